The first-order chi connectivity index (χ1) is 9.60. The summed E-state index contributed by atoms with van der Waals surface area (Å²) in [5.41, 5.74) is 6.61. The van der Waals surface area contributed by atoms with Crippen molar-refractivity contribution in [1.29, 1.82) is 0 Å². The molecule has 7 heteroatoms. The van der Waals surface area contributed by atoms with E-state index < -0.39 is 5.82 Å². The first-order valence-corrected chi connectivity index (χ1v) is 6.36. The van der Waals surface area contributed by atoms with Crippen LogP contribution in [0.25, 0.3) is 0 Å². The van der Waals surface area contributed by atoms with Crippen LogP contribution in [0.4, 0.5) is 4.39 Å². The van der Waals surface area contributed by atoms with Crippen molar-refractivity contribution < 1.29 is 14.4 Å². The van der Waals surface area contributed by atoms with Crippen molar-refractivity contribution in [1.82, 2.24) is 10.6 Å². The standard InChI is InChI=1S/C13H17FN4O2/c14-9-2-1-8(11(5-9)13(15)18-20)6-16-7-10-3-4-12(19)17-10/h1-2,5,10,16,20H,3-4,6-7H2,(H2,15,18)(H,17,19). The van der Waals surface area contributed by atoms with E-state index in [4.69, 9.17) is 10.9 Å². The predicted octanol–water partition coefficient (Wildman–Crippen LogP) is 0.288. The Hall–Kier alpha value is -2.15. The van der Waals surface area contributed by atoms with Gasteiger partial charge >= 0.3 is 0 Å². The van der Waals surface area contributed by atoms with Crippen LogP contribution >= 0.6 is 0 Å². The van der Waals surface area contributed by atoms with Crippen LogP contribution in [0, 0.1) is 5.82 Å². The Morgan fingerprint density at radius 2 is 2.40 bits per heavy atom. The molecule has 1 unspecified atom stereocenters. The lowest BCUT2D eigenvalue weighted by Crippen LogP contribution is -2.35. The molecule has 2 rings (SSSR count). The van der Waals surface area contributed by atoms with Crippen molar-refractivity contribution in [3.63, 3.8) is 0 Å². The average molecular weight is 280 g/mol. The predicted molar refractivity (Wildman–Crippen MR) is 71.8 cm³/mol. The molecule has 20 heavy (non-hydrogen) atoms. The zero-order valence-corrected chi connectivity index (χ0v) is 10.9. The number of rotatable bonds is 5. The molecular weight excluding hydrogens is 263 g/mol. The SMILES string of the molecule is NC(=NO)c1cc(F)ccc1CNCC1CCC(=O)N1. The van der Waals surface area contributed by atoms with Gasteiger partial charge in [-0.15, -0.1) is 0 Å². The number of benzene rings is 1. The quantitative estimate of drug-likeness (QED) is 0.269. The van der Waals surface area contributed by atoms with Crippen molar-refractivity contribution in [2.24, 2.45) is 10.9 Å². The molecule has 0 spiro atoms. The summed E-state index contributed by atoms with van der Waals surface area (Å²) in [5.74, 6) is -0.509. The summed E-state index contributed by atoms with van der Waals surface area (Å²) in [6.07, 6.45) is 1.36. The molecular formula is C13H17FN4O2. The molecule has 1 aromatic rings. The molecule has 0 bridgehead atoms. The average Bonchev–Trinajstić information content (AvgIpc) is 2.85. The number of nitrogens with two attached hydrogens (primary N) is 1. The summed E-state index contributed by atoms with van der Waals surface area (Å²) >= 11 is 0. The molecule has 0 aliphatic carbocycles. The van der Waals surface area contributed by atoms with E-state index in [-0.39, 0.29) is 17.8 Å². The first kappa shape index (κ1) is 14.3. The van der Waals surface area contributed by atoms with Crippen LogP contribution in [0.3, 0.4) is 0 Å². The topological polar surface area (TPSA) is 99.7 Å². The number of hydrogen-bond donors (Lipinski definition) is 4. The molecule has 0 aromatic heterocycles. The number of amides is 1. The van der Waals surface area contributed by atoms with Gasteiger partial charge in [0.2, 0.25) is 5.91 Å². The molecule has 1 aliphatic heterocycles. The van der Waals surface area contributed by atoms with Gasteiger partial charge in [0, 0.05) is 31.1 Å². The van der Waals surface area contributed by atoms with Crippen LogP contribution in [-0.2, 0) is 11.3 Å². The van der Waals surface area contributed by atoms with E-state index in [1.807, 2.05) is 0 Å². The molecule has 1 amide bonds. The number of nitrogens with one attached hydrogen (secondary N) is 2. The normalized spacial score (nSPS) is 19.1. The molecule has 1 saturated heterocycles. The van der Waals surface area contributed by atoms with Crippen molar-refractivity contribution in [3.8, 4) is 0 Å². The van der Waals surface area contributed by atoms with Gasteiger partial charge in [0.05, 0.1) is 0 Å². The Bertz CT molecular complexity index is 533. The fourth-order valence-corrected chi connectivity index (χ4v) is 2.21. The minimum Gasteiger partial charge on any atom is -0.409 e. The largest absolute Gasteiger partial charge is 0.409 e. The Kier molecular flexibility index (Phi) is 4.52. The van der Waals surface area contributed by atoms with Crippen molar-refractivity contribution in [3.05, 3.63) is 35.1 Å². The zero-order valence-electron chi connectivity index (χ0n) is 10.9. The van der Waals surface area contributed by atoms with Crippen LogP contribution < -0.4 is 16.4 Å². The number of halogens is 1. The van der Waals surface area contributed by atoms with Gasteiger partial charge in [-0.25, -0.2) is 4.39 Å². The van der Waals surface area contributed by atoms with Crippen LogP contribution in [0.15, 0.2) is 23.4 Å². The second-order valence-electron chi connectivity index (χ2n) is 4.72. The fourth-order valence-electron chi connectivity index (χ4n) is 2.21. The number of carbonyl (C=O) groups excluding carboxylic acids is 1. The lowest BCUT2D eigenvalue weighted by molar-refractivity contribution is -0.119. The van der Waals surface area contributed by atoms with Crippen molar-refractivity contribution >= 4 is 11.7 Å². The summed E-state index contributed by atoms with van der Waals surface area (Å²) in [6, 6.07) is 4.25. The lowest BCUT2D eigenvalue weighted by Gasteiger charge is -2.13. The Labute approximate surface area is 115 Å². The highest BCUT2D eigenvalue weighted by molar-refractivity contribution is 5.98. The minimum absolute atomic E-state index is 0.0657. The minimum atomic E-state index is -0.446. The molecule has 1 aliphatic rings. The number of amidine groups is 1. The van der Waals surface area contributed by atoms with Crippen LogP contribution in [0.5, 0.6) is 0 Å². The highest BCUT2D eigenvalue weighted by atomic mass is 19.1. The second kappa shape index (κ2) is 6.33. The third-order valence-corrected chi connectivity index (χ3v) is 3.25. The first-order valence-electron chi connectivity index (χ1n) is 6.36. The maximum Gasteiger partial charge on any atom is 0.220 e. The van der Waals surface area contributed by atoms with E-state index in [0.717, 1.165) is 12.0 Å². The maximum atomic E-state index is 13.2. The molecule has 1 fully saturated rings. The molecule has 0 saturated carbocycles. The van der Waals surface area contributed by atoms with Crippen molar-refractivity contribution in [2.45, 2.75) is 25.4 Å². The van der Waals surface area contributed by atoms with Gasteiger partial charge in [-0.1, -0.05) is 11.2 Å². The summed E-state index contributed by atoms with van der Waals surface area (Å²) in [5, 5.41) is 17.6. The number of hydrogen-bond acceptors (Lipinski definition) is 4. The van der Waals surface area contributed by atoms with Crippen LogP contribution in [0.2, 0.25) is 0 Å². The molecule has 5 N–H and O–H groups in total. The van der Waals surface area contributed by atoms with E-state index in [0.29, 0.717) is 25.1 Å². The fraction of sp³-hybridized carbons (Fsp3) is 0.385. The Morgan fingerprint density at radius 3 is 3.05 bits per heavy atom. The van der Waals surface area contributed by atoms with Crippen molar-refractivity contribution in [2.75, 3.05) is 6.54 Å². The van der Waals surface area contributed by atoms with E-state index in [1.165, 1.54) is 12.1 Å². The highest BCUT2D eigenvalue weighted by Gasteiger charge is 2.20. The van der Waals surface area contributed by atoms with Gasteiger partial charge in [0.25, 0.3) is 0 Å². The summed E-state index contributed by atoms with van der Waals surface area (Å²) in [6.45, 7) is 1.07. The number of oxime groups is 1. The molecule has 0 radical (unpaired) electrons. The third kappa shape index (κ3) is 3.45. The van der Waals surface area contributed by atoms with Gasteiger partial charge < -0.3 is 21.6 Å². The van der Waals surface area contributed by atoms with Gasteiger partial charge in [0.1, 0.15) is 5.82 Å². The summed E-state index contributed by atoms with van der Waals surface area (Å²) in [4.78, 5) is 11.1. The Balaban J connectivity index is 1.97. The smallest absolute Gasteiger partial charge is 0.220 e. The summed E-state index contributed by atoms with van der Waals surface area (Å²) in [7, 11) is 0. The van der Waals surface area contributed by atoms with Crippen LogP contribution in [-0.4, -0.2) is 29.5 Å². The second-order valence-corrected chi connectivity index (χ2v) is 4.72. The van der Waals surface area contributed by atoms with E-state index in [1.54, 1.807) is 6.07 Å². The molecule has 1 aromatic carbocycles. The van der Waals surface area contributed by atoms with E-state index in [2.05, 4.69) is 15.8 Å². The van der Waals surface area contributed by atoms with Gasteiger partial charge in [-0.2, -0.15) is 0 Å². The van der Waals surface area contributed by atoms with E-state index >= 15 is 0 Å². The zero-order chi connectivity index (χ0) is 14.5. The van der Waals surface area contributed by atoms with Gasteiger partial charge in [-0.05, 0) is 24.1 Å². The van der Waals surface area contributed by atoms with E-state index in [9.17, 15) is 9.18 Å². The molecule has 108 valence electrons. The Morgan fingerprint density at radius 1 is 1.60 bits per heavy atom. The lowest BCUT2D eigenvalue weighted by atomic mass is 10.1. The number of nitrogens with zero attached hydrogens (tertiary/aromatic N) is 1. The summed E-state index contributed by atoms with van der Waals surface area (Å²) < 4.78 is 13.2. The monoisotopic (exact) mass is 280 g/mol. The molecule has 6 nitrogen and oxygen atoms in total. The number of carbonyl (C=O) groups is 1. The van der Waals surface area contributed by atoms with Gasteiger partial charge in [-0.3, -0.25) is 4.79 Å². The molecule has 1 atom stereocenters. The highest BCUT2D eigenvalue weighted by Crippen LogP contribution is 2.12. The maximum absolute atomic E-state index is 13.2. The van der Waals surface area contributed by atoms with Gasteiger partial charge in [0.15, 0.2) is 5.84 Å². The van der Waals surface area contributed by atoms with Crippen LogP contribution in [0.1, 0.15) is 24.0 Å². The third-order valence-electron chi connectivity index (χ3n) is 3.25. The molecule has 1 heterocycles.